The molecule has 2 aromatic carbocycles. The van der Waals surface area contributed by atoms with Gasteiger partial charge >= 0.3 is 0 Å². The van der Waals surface area contributed by atoms with Crippen LogP contribution < -0.4 is 0 Å². The van der Waals surface area contributed by atoms with Crippen LogP contribution in [0.3, 0.4) is 0 Å². The lowest BCUT2D eigenvalue weighted by Gasteiger charge is -2.29. The maximum absolute atomic E-state index is 13.1. The number of carbonyl (C=O) groups excluding carboxylic acids is 1. The Morgan fingerprint density at radius 3 is 2.23 bits per heavy atom. The molecule has 30 heavy (non-hydrogen) atoms. The summed E-state index contributed by atoms with van der Waals surface area (Å²) in [6.45, 7) is 4.00. The van der Waals surface area contributed by atoms with Crippen molar-refractivity contribution in [3.63, 3.8) is 0 Å². The van der Waals surface area contributed by atoms with Gasteiger partial charge in [-0.25, -0.2) is 0 Å². The second kappa shape index (κ2) is 7.05. The van der Waals surface area contributed by atoms with Crippen molar-refractivity contribution >= 4 is 17.2 Å². The molecule has 0 fully saturated rings. The molecule has 2 atom stereocenters. The smallest absolute Gasteiger partial charge is 0.269 e. The number of ether oxygens (including phenoxy) is 1. The number of hydrogen-bond donors (Lipinski definition) is 0. The Labute approximate surface area is 172 Å². The summed E-state index contributed by atoms with van der Waals surface area (Å²) in [5.74, 6) is 0.0724. The average molecular weight is 408 g/mol. The molecule has 0 spiro atoms. The van der Waals surface area contributed by atoms with Gasteiger partial charge in [0.2, 0.25) is 0 Å². The zero-order valence-corrected chi connectivity index (χ0v) is 16.5. The standard InChI is InChI=1S/C22H20N2O6/c1-22(2)11-17(25)20-18(12-22)30-21(13-6-8-15(9-7-13)23(26)27)19(20)14-4-3-5-16(10-14)24(28)29/h3-10,19,21H,11-12H2,1-2H3/t19-,21+/m0/s1. The molecule has 1 heterocycles. The van der Waals surface area contributed by atoms with Crippen LogP contribution >= 0.6 is 0 Å². The van der Waals surface area contributed by atoms with Crippen LogP contribution in [-0.4, -0.2) is 15.6 Å². The summed E-state index contributed by atoms with van der Waals surface area (Å²) in [4.78, 5) is 34.4. The molecule has 154 valence electrons. The highest BCUT2D eigenvalue weighted by Crippen LogP contribution is 2.54. The number of non-ortho nitro benzene ring substituents is 2. The van der Waals surface area contributed by atoms with Gasteiger partial charge in [-0.15, -0.1) is 0 Å². The van der Waals surface area contributed by atoms with Gasteiger partial charge in [-0.3, -0.25) is 25.0 Å². The number of nitro groups is 2. The molecule has 0 bridgehead atoms. The monoisotopic (exact) mass is 408 g/mol. The highest BCUT2D eigenvalue weighted by Gasteiger charge is 2.47. The Morgan fingerprint density at radius 1 is 0.933 bits per heavy atom. The van der Waals surface area contributed by atoms with Gasteiger partial charge in [0.1, 0.15) is 11.9 Å². The topological polar surface area (TPSA) is 113 Å². The first kappa shape index (κ1) is 19.8. The lowest BCUT2D eigenvalue weighted by Crippen LogP contribution is -2.26. The number of nitro benzene ring substituents is 2. The number of Topliss-reactive ketones (excluding diaryl/α,β-unsaturated/α-hetero) is 1. The summed E-state index contributed by atoms with van der Waals surface area (Å²) in [6, 6.07) is 12.2. The fraction of sp³-hybridized carbons (Fsp3) is 0.318. The molecule has 8 nitrogen and oxygen atoms in total. The van der Waals surface area contributed by atoms with Crippen LogP contribution in [0.4, 0.5) is 11.4 Å². The molecule has 0 amide bonds. The van der Waals surface area contributed by atoms with E-state index < -0.39 is 21.9 Å². The van der Waals surface area contributed by atoms with E-state index in [2.05, 4.69) is 0 Å². The first-order valence-electron chi connectivity index (χ1n) is 9.58. The van der Waals surface area contributed by atoms with Gasteiger partial charge in [-0.1, -0.05) is 26.0 Å². The normalized spacial score (nSPS) is 22.4. The van der Waals surface area contributed by atoms with Gasteiger partial charge in [0.15, 0.2) is 5.78 Å². The molecule has 0 saturated carbocycles. The maximum atomic E-state index is 13.1. The number of nitrogens with zero attached hydrogens (tertiary/aromatic N) is 2. The van der Waals surface area contributed by atoms with Crippen LogP contribution in [0.15, 0.2) is 59.9 Å². The van der Waals surface area contributed by atoms with E-state index in [0.717, 1.165) is 0 Å². The van der Waals surface area contributed by atoms with Crippen molar-refractivity contribution in [2.24, 2.45) is 5.41 Å². The molecular weight excluding hydrogens is 388 g/mol. The number of rotatable bonds is 4. The number of hydrogen-bond acceptors (Lipinski definition) is 6. The fourth-order valence-corrected chi connectivity index (χ4v) is 4.32. The van der Waals surface area contributed by atoms with Crippen molar-refractivity contribution in [3.05, 3.63) is 91.2 Å². The Morgan fingerprint density at radius 2 is 1.60 bits per heavy atom. The van der Waals surface area contributed by atoms with Gasteiger partial charge in [0, 0.05) is 42.7 Å². The third-order valence-corrected chi connectivity index (χ3v) is 5.63. The number of allylic oxidation sites excluding steroid dienone is 1. The number of benzene rings is 2. The first-order chi connectivity index (χ1) is 14.2. The summed E-state index contributed by atoms with van der Waals surface area (Å²) in [5.41, 5.74) is 1.50. The molecule has 2 aromatic rings. The lowest BCUT2D eigenvalue weighted by molar-refractivity contribution is -0.385. The van der Waals surface area contributed by atoms with Gasteiger partial charge in [0.25, 0.3) is 11.4 Å². The van der Waals surface area contributed by atoms with Crippen molar-refractivity contribution < 1.29 is 19.4 Å². The SMILES string of the molecule is CC1(C)CC(=O)C2=C(C1)O[C@H](c1ccc([N+](=O)[O-])cc1)[C@H]2c1cccc([N+](=O)[O-])c1. The van der Waals surface area contributed by atoms with Crippen LogP contribution in [0.5, 0.6) is 0 Å². The van der Waals surface area contributed by atoms with E-state index in [0.29, 0.717) is 35.3 Å². The van der Waals surface area contributed by atoms with Crippen LogP contribution in [0, 0.1) is 25.6 Å². The lowest BCUT2D eigenvalue weighted by atomic mass is 9.72. The number of ketones is 1. The van der Waals surface area contributed by atoms with Crippen molar-refractivity contribution in [1.82, 2.24) is 0 Å². The van der Waals surface area contributed by atoms with Crippen LogP contribution in [0.25, 0.3) is 0 Å². The number of carbonyl (C=O) groups is 1. The second-order valence-electron chi connectivity index (χ2n) is 8.49. The zero-order chi connectivity index (χ0) is 21.6. The van der Waals surface area contributed by atoms with Crippen LogP contribution in [-0.2, 0) is 9.53 Å². The van der Waals surface area contributed by atoms with Gasteiger partial charge in [-0.05, 0) is 28.7 Å². The van der Waals surface area contributed by atoms with E-state index in [-0.39, 0.29) is 22.6 Å². The zero-order valence-electron chi connectivity index (χ0n) is 16.5. The molecule has 0 N–H and O–H groups in total. The summed E-state index contributed by atoms with van der Waals surface area (Å²) in [5, 5.41) is 22.3. The molecular formula is C22H20N2O6. The molecule has 0 radical (unpaired) electrons. The highest BCUT2D eigenvalue weighted by molar-refractivity contribution is 5.99. The minimum absolute atomic E-state index is 0.0258. The summed E-state index contributed by atoms with van der Waals surface area (Å²) >= 11 is 0. The second-order valence-corrected chi connectivity index (χ2v) is 8.49. The van der Waals surface area contributed by atoms with E-state index in [4.69, 9.17) is 4.74 Å². The van der Waals surface area contributed by atoms with Gasteiger partial charge in [0.05, 0.1) is 15.8 Å². The molecule has 0 aromatic heterocycles. The van der Waals surface area contributed by atoms with Gasteiger partial charge < -0.3 is 4.74 Å². The highest BCUT2D eigenvalue weighted by atomic mass is 16.6. The Bertz CT molecular complexity index is 1090. The van der Waals surface area contributed by atoms with E-state index >= 15 is 0 Å². The largest absolute Gasteiger partial charge is 0.489 e. The van der Waals surface area contributed by atoms with E-state index in [9.17, 15) is 25.0 Å². The Hall–Kier alpha value is -3.55. The molecule has 1 aliphatic carbocycles. The van der Waals surface area contributed by atoms with E-state index in [1.807, 2.05) is 13.8 Å². The molecule has 0 saturated heterocycles. The summed E-state index contributed by atoms with van der Waals surface area (Å²) < 4.78 is 6.24. The van der Waals surface area contributed by atoms with Gasteiger partial charge in [-0.2, -0.15) is 0 Å². The van der Waals surface area contributed by atoms with Crippen molar-refractivity contribution in [3.8, 4) is 0 Å². The minimum atomic E-state index is -0.587. The molecule has 4 rings (SSSR count). The van der Waals surface area contributed by atoms with E-state index in [1.54, 1.807) is 24.3 Å². The van der Waals surface area contributed by atoms with Crippen molar-refractivity contribution in [2.75, 3.05) is 0 Å². The predicted molar refractivity (Wildman–Crippen MR) is 108 cm³/mol. The van der Waals surface area contributed by atoms with E-state index in [1.165, 1.54) is 24.3 Å². The minimum Gasteiger partial charge on any atom is -0.489 e. The molecule has 0 unspecified atom stereocenters. The van der Waals surface area contributed by atoms with Crippen LogP contribution in [0.1, 0.15) is 49.8 Å². The average Bonchev–Trinajstić information content (AvgIpc) is 3.06. The molecule has 8 heteroatoms. The first-order valence-corrected chi connectivity index (χ1v) is 9.58. The van der Waals surface area contributed by atoms with Crippen LogP contribution in [0.2, 0.25) is 0 Å². The molecule has 1 aliphatic heterocycles. The fourth-order valence-electron chi connectivity index (χ4n) is 4.32. The summed E-state index contributed by atoms with van der Waals surface area (Å²) in [7, 11) is 0. The predicted octanol–water partition coefficient (Wildman–Crippen LogP) is 5.00. The third kappa shape index (κ3) is 3.45. The molecule has 2 aliphatic rings. The van der Waals surface area contributed by atoms with Crippen molar-refractivity contribution in [1.29, 1.82) is 0 Å². The Kier molecular flexibility index (Phi) is 4.64. The Balaban J connectivity index is 1.82. The van der Waals surface area contributed by atoms with Crippen molar-refractivity contribution in [2.45, 2.75) is 38.7 Å². The third-order valence-electron chi connectivity index (χ3n) is 5.63. The maximum Gasteiger partial charge on any atom is 0.269 e. The summed E-state index contributed by atoms with van der Waals surface area (Å²) in [6.07, 6.45) is 0.368. The quantitative estimate of drug-likeness (QED) is 0.520.